The highest BCUT2D eigenvalue weighted by molar-refractivity contribution is 5.96. The highest BCUT2D eigenvalue weighted by Gasteiger charge is 2.20. The van der Waals surface area contributed by atoms with Crippen LogP contribution in [0.5, 0.6) is 11.5 Å². The third-order valence-corrected chi connectivity index (χ3v) is 3.69. The number of aromatic nitrogens is 1. The van der Waals surface area contributed by atoms with E-state index >= 15 is 0 Å². The number of hydrogen-bond acceptors (Lipinski definition) is 4. The van der Waals surface area contributed by atoms with Gasteiger partial charge >= 0.3 is 5.97 Å². The van der Waals surface area contributed by atoms with Crippen LogP contribution in [-0.4, -0.2) is 28.3 Å². The molecule has 1 aliphatic heterocycles. The van der Waals surface area contributed by atoms with Crippen molar-refractivity contribution in [1.82, 2.24) is 4.57 Å². The summed E-state index contributed by atoms with van der Waals surface area (Å²) in [5.74, 6) is -0.125. The van der Waals surface area contributed by atoms with Crippen LogP contribution in [0.4, 0.5) is 5.69 Å². The number of rotatable bonds is 4. The molecule has 0 saturated heterocycles. The average molecular weight is 316 g/mol. The van der Waals surface area contributed by atoms with Crippen LogP contribution >= 0.6 is 0 Å². The highest BCUT2D eigenvalue weighted by atomic mass is 16.7. The van der Waals surface area contributed by atoms with Crippen LogP contribution < -0.4 is 14.8 Å². The maximum Gasteiger partial charge on any atom is 0.337 e. The molecule has 120 valence electrons. The summed E-state index contributed by atoms with van der Waals surface area (Å²) >= 11 is 0. The molecule has 0 radical (unpaired) electrons. The van der Waals surface area contributed by atoms with E-state index in [1.807, 2.05) is 0 Å². The van der Waals surface area contributed by atoms with Gasteiger partial charge in [-0.3, -0.25) is 4.79 Å². The maximum atomic E-state index is 12.2. The lowest BCUT2D eigenvalue weighted by Gasteiger charge is -2.08. The van der Waals surface area contributed by atoms with Crippen molar-refractivity contribution < 1.29 is 24.2 Å². The molecule has 7 nitrogen and oxygen atoms in total. The minimum atomic E-state index is -1.03. The summed E-state index contributed by atoms with van der Waals surface area (Å²) in [6.45, 7) is 1.88. The van der Waals surface area contributed by atoms with E-state index in [-0.39, 0.29) is 24.7 Å². The predicted octanol–water partition coefficient (Wildman–Crippen LogP) is 1.94. The molecule has 2 N–H and O–H groups in total. The van der Waals surface area contributed by atoms with Crippen molar-refractivity contribution >= 4 is 17.6 Å². The lowest BCUT2D eigenvalue weighted by atomic mass is 10.1. The van der Waals surface area contributed by atoms with Crippen LogP contribution in [-0.2, 0) is 18.3 Å². The van der Waals surface area contributed by atoms with Crippen molar-refractivity contribution in [3.8, 4) is 11.5 Å². The molecule has 0 saturated carbocycles. The molecule has 2 aromatic rings. The van der Waals surface area contributed by atoms with Gasteiger partial charge < -0.3 is 24.5 Å². The number of aryl methyl sites for hydroxylation is 2. The normalized spacial score (nSPS) is 12.3. The number of carboxylic acids is 1. The molecule has 0 atom stereocenters. The van der Waals surface area contributed by atoms with Gasteiger partial charge in [0.05, 0.1) is 12.0 Å². The predicted molar refractivity (Wildman–Crippen MR) is 82.0 cm³/mol. The number of benzene rings is 1. The summed E-state index contributed by atoms with van der Waals surface area (Å²) in [4.78, 5) is 23.6. The minimum Gasteiger partial charge on any atom is -0.478 e. The molecular formula is C16H16N2O5. The number of carbonyl (C=O) groups is 2. The standard InChI is InChI=1S/C16H16N2O5/c1-9-7-18(2)11(15(9)16(20)21)6-14(19)17-10-3-4-12-13(5-10)23-8-22-12/h3-5,7H,6,8H2,1-2H3,(H,17,19)(H,20,21). The molecule has 0 bridgehead atoms. The Bertz CT molecular complexity index is 794. The zero-order valence-corrected chi connectivity index (χ0v) is 12.8. The third-order valence-electron chi connectivity index (χ3n) is 3.69. The van der Waals surface area contributed by atoms with E-state index in [2.05, 4.69) is 5.32 Å². The number of nitrogens with one attached hydrogen (secondary N) is 1. The van der Waals surface area contributed by atoms with E-state index in [0.717, 1.165) is 0 Å². The zero-order valence-electron chi connectivity index (χ0n) is 12.8. The van der Waals surface area contributed by atoms with Gasteiger partial charge in [0.2, 0.25) is 12.7 Å². The summed E-state index contributed by atoms with van der Waals surface area (Å²) in [7, 11) is 1.72. The van der Waals surface area contributed by atoms with Gasteiger partial charge in [-0.1, -0.05) is 0 Å². The monoisotopic (exact) mass is 316 g/mol. The number of carbonyl (C=O) groups excluding carboxylic acids is 1. The first-order valence-corrected chi connectivity index (χ1v) is 7.03. The van der Waals surface area contributed by atoms with Gasteiger partial charge in [-0.25, -0.2) is 4.79 Å². The van der Waals surface area contributed by atoms with Crippen LogP contribution in [0, 0.1) is 6.92 Å². The lowest BCUT2D eigenvalue weighted by Crippen LogP contribution is -2.18. The van der Waals surface area contributed by atoms with Crippen LogP contribution in [0.3, 0.4) is 0 Å². The largest absolute Gasteiger partial charge is 0.478 e. The SMILES string of the molecule is Cc1cn(C)c(CC(=O)Nc2ccc3c(c2)OCO3)c1C(=O)O. The number of anilines is 1. The first kappa shape index (κ1) is 15.0. The molecule has 0 spiro atoms. The molecule has 3 rings (SSSR count). The Morgan fingerprint density at radius 2 is 2.04 bits per heavy atom. The van der Waals surface area contributed by atoms with Crippen molar-refractivity contribution in [2.24, 2.45) is 7.05 Å². The van der Waals surface area contributed by atoms with Crippen molar-refractivity contribution in [3.05, 3.63) is 41.2 Å². The fourth-order valence-corrected chi connectivity index (χ4v) is 2.67. The van der Waals surface area contributed by atoms with Gasteiger partial charge in [-0.05, 0) is 24.6 Å². The Labute approximate surface area is 132 Å². The Balaban J connectivity index is 1.77. The molecule has 0 unspecified atom stereocenters. The molecule has 2 heterocycles. The summed E-state index contributed by atoms with van der Waals surface area (Å²) in [6.07, 6.45) is 1.67. The number of hydrogen-bond donors (Lipinski definition) is 2. The van der Waals surface area contributed by atoms with E-state index in [1.165, 1.54) is 0 Å². The van der Waals surface area contributed by atoms with Crippen LogP contribution in [0.15, 0.2) is 24.4 Å². The average Bonchev–Trinajstić information content (AvgIpc) is 3.03. The Hall–Kier alpha value is -2.96. The molecule has 0 fully saturated rings. The fraction of sp³-hybridized carbons (Fsp3) is 0.250. The maximum absolute atomic E-state index is 12.2. The van der Waals surface area contributed by atoms with Crippen LogP contribution in [0.25, 0.3) is 0 Å². The quantitative estimate of drug-likeness (QED) is 0.899. The number of nitrogens with zero attached hydrogens (tertiary/aromatic N) is 1. The van der Waals surface area contributed by atoms with Gasteiger partial charge in [-0.2, -0.15) is 0 Å². The molecule has 1 aromatic heterocycles. The third kappa shape index (κ3) is 2.85. The van der Waals surface area contributed by atoms with Crippen molar-refractivity contribution in [2.75, 3.05) is 12.1 Å². The Kier molecular flexibility index (Phi) is 3.69. The van der Waals surface area contributed by atoms with E-state index in [4.69, 9.17) is 9.47 Å². The summed E-state index contributed by atoms with van der Waals surface area (Å²) in [6, 6.07) is 5.10. The van der Waals surface area contributed by atoms with Gasteiger partial charge in [0, 0.05) is 30.7 Å². The molecule has 1 aromatic carbocycles. The van der Waals surface area contributed by atoms with Gasteiger partial charge in [0.25, 0.3) is 0 Å². The van der Waals surface area contributed by atoms with Gasteiger partial charge in [-0.15, -0.1) is 0 Å². The number of fused-ring (bicyclic) bond motifs is 1. The van der Waals surface area contributed by atoms with Crippen molar-refractivity contribution in [3.63, 3.8) is 0 Å². The van der Waals surface area contributed by atoms with Crippen molar-refractivity contribution in [1.29, 1.82) is 0 Å². The first-order valence-electron chi connectivity index (χ1n) is 7.03. The highest BCUT2D eigenvalue weighted by Crippen LogP contribution is 2.34. The number of ether oxygens (including phenoxy) is 2. The number of aromatic carboxylic acids is 1. The van der Waals surface area contributed by atoms with Crippen LogP contribution in [0.1, 0.15) is 21.6 Å². The van der Waals surface area contributed by atoms with Crippen molar-refractivity contribution in [2.45, 2.75) is 13.3 Å². The number of amides is 1. The summed E-state index contributed by atoms with van der Waals surface area (Å²) in [5.41, 5.74) is 1.84. The van der Waals surface area contributed by atoms with Crippen LogP contribution in [0.2, 0.25) is 0 Å². The minimum absolute atomic E-state index is 0.0274. The molecule has 1 aliphatic rings. The second kappa shape index (κ2) is 5.68. The Morgan fingerprint density at radius 1 is 1.30 bits per heavy atom. The zero-order chi connectivity index (χ0) is 16.6. The van der Waals surface area contributed by atoms with Gasteiger partial charge in [0.15, 0.2) is 11.5 Å². The first-order chi connectivity index (χ1) is 11.0. The molecule has 7 heteroatoms. The number of carboxylic acid groups (broad SMARTS) is 1. The van der Waals surface area contributed by atoms with E-state index in [1.54, 1.807) is 42.9 Å². The molecule has 0 aliphatic carbocycles. The Morgan fingerprint density at radius 3 is 2.78 bits per heavy atom. The lowest BCUT2D eigenvalue weighted by molar-refractivity contribution is -0.115. The van der Waals surface area contributed by atoms with E-state index in [9.17, 15) is 14.7 Å². The second-order valence-electron chi connectivity index (χ2n) is 5.34. The smallest absolute Gasteiger partial charge is 0.337 e. The fourth-order valence-electron chi connectivity index (χ4n) is 2.67. The second-order valence-corrected chi connectivity index (χ2v) is 5.34. The summed E-state index contributed by atoms with van der Waals surface area (Å²) < 4.78 is 12.1. The van der Waals surface area contributed by atoms with E-state index in [0.29, 0.717) is 28.4 Å². The molecular weight excluding hydrogens is 300 g/mol. The molecule has 1 amide bonds. The topological polar surface area (TPSA) is 89.8 Å². The van der Waals surface area contributed by atoms with Gasteiger partial charge in [0.1, 0.15) is 0 Å². The van der Waals surface area contributed by atoms with E-state index < -0.39 is 5.97 Å². The summed E-state index contributed by atoms with van der Waals surface area (Å²) in [5, 5.41) is 12.0. The molecule has 23 heavy (non-hydrogen) atoms.